The molecule has 2 aromatic rings. The van der Waals surface area contributed by atoms with E-state index in [-0.39, 0.29) is 16.6 Å². The van der Waals surface area contributed by atoms with Crippen molar-refractivity contribution in [2.45, 2.75) is 37.5 Å². The number of amides is 1. The number of methoxy groups -OCH3 is 1. The van der Waals surface area contributed by atoms with Crippen molar-refractivity contribution in [1.29, 1.82) is 0 Å². The van der Waals surface area contributed by atoms with Crippen LogP contribution in [-0.2, 0) is 10.0 Å². The Bertz CT molecular complexity index is 980. The van der Waals surface area contributed by atoms with Gasteiger partial charge in [0.2, 0.25) is 10.0 Å². The Hall–Kier alpha value is -2.38. The predicted molar refractivity (Wildman–Crippen MR) is 114 cm³/mol. The zero-order chi connectivity index (χ0) is 21.0. The maximum absolute atomic E-state index is 13.3. The highest BCUT2D eigenvalue weighted by molar-refractivity contribution is 7.89. The highest BCUT2D eigenvalue weighted by Gasteiger charge is 2.29. The summed E-state index contributed by atoms with van der Waals surface area (Å²) in [7, 11) is -0.617. The fourth-order valence-corrected chi connectivity index (χ4v) is 5.28. The van der Waals surface area contributed by atoms with Gasteiger partial charge in [-0.15, -0.1) is 0 Å². The minimum absolute atomic E-state index is 0.0467. The van der Waals surface area contributed by atoms with Gasteiger partial charge in [-0.1, -0.05) is 25.0 Å². The lowest BCUT2D eigenvalue weighted by Gasteiger charge is -2.22. The number of rotatable bonds is 5. The molecule has 0 radical (unpaired) electrons. The predicted octanol–water partition coefficient (Wildman–Crippen LogP) is 3.84. The summed E-state index contributed by atoms with van der Waals surface area (Å²) in [5.41, 5.74) is 2.10. The van der Waals surface area contributed by atoms with E-state index in [1.165, 1.54) is 22.4 Å². The fourth-order valence-electron chi connectivity index (χ4n) is 3.58. The van der Waals surface area contributed by atoms with Gasteiger partial charge in [0, 0.05) is 31.4 Å². The third kappa shape index (κ3) is 4.62. The van der Waals surface area contributed by atoms with E-state index >= 15 is 0 Å². The SMILES string of the molecule is COc1ccc(C(=O)N(C)c2cccc(C)c2)cc1S(=O)(=O)N1CCCCCC1. The van der Waals surface area contributed by atoms with Crippen LogP contribution in [0.2, 0.25) is 0 Å². The summed E-state index contributed by atoms with van der Waals surface area (Å²) >= 11 is 0. The summed E-state index contributed by atoms with van der Waals surface area (Å²) in [5, 5.41) is 0. The molecular formula is C22H28N2O4S. The lowest BCUT2D eigenvalue weighted by Crippen LogP contribution is -2.32. The molecule has 0 bridgehead atoms. The Morgan fingerprint density at radius 1 is 1.03 bits per heavy atom. The number of anilines is 1. The second-order valence-corrected chi connectivity index (χ2v) is 9.29. The second kappa shape index (κ2) is 8.97. The Morgan fingerprint density at radius 3 is 2.34 bits per heavy atom. The van der Waals surface area contributed by atoms with Gasteiger partial charge in [0.25, 0.3) is 5.91 Å². The van der Waals surface area contributed by atoms with E-state index in [2.05, 4.69) is 0 Å². The minimum atomic E-state index is -3.74. The van der Waals surface area contributed by atoms with Crippen LogP contribution >= 0.6 is 0 Å². The van der Waals surface area contributed by atoms with Gasteiger partial charge in [-0.2, -0.15) is 4.31 Å². The highest BCUT2D eigenvalue weighted by atomic mass is 32.2. The maximum atomic E-state index is 13.3. The standard InChI is InChI=1S/C22H28N2O4S/c1-17-9-8-10-19(15-17)23(2)22(25)18-11-12-20(28-3)21(16-18)29(26,27)24-13-6-4-5-7-14-24/h8-12,15-16H,4-7,13-14H2,1-3H3. The topological polar surface area (TPSA) is 66.9 Å². The largest absolute Gasteiger partial charge is 0.495 e. The zero-order valence-corrected chi connectivity index (χ0v) is 18.0. The normalized spacial score (nSPS) is 15.6. The minimum Gasteiger partial charge on any atom is -0.495 e. The molecule has 1 saturated heterocycles. The van der Waals surface area contributed by atoms with Crippen molar-refractivity contribution in [2.75, 3.05) is 32.1 Å². The molecule has 2 aromatic carbocycles. The number of ether oxygens (including phenoxy) is 1. The first-order chi connectivity index (χ1) is 13.8. The van der Waals surface area contributed by atoms with E-state index in [1.54, 1.807) is 19.2 Å². The summed E-state index contributed by atoms with van der Waals surface area (Å²) in [6.45, 7) is 2.95. The number of sulfonamides is 1. The molecule has 1 aliphatic rings. The van der Waals surface area contributed by atoms with Crippen LogP contribution in [0.25, 0.3) is 0 Å². The van der Waals surface area contributed by atoms with Gasteiger partial charge in [0.1, 0.15) is 10.6 Å². The maximum Gasteiger partial charge on any atom is 0.258 e. The molecule has 0 aliphatic carbocycles. The van der Waals surface area contributed by atoms with E-state index in [4.69, 9.17) is 4.74 Å². The van der Waals surface area contributed by atoms with Gasteiger partial charge < -0.3 is 9.64 Å². The van der Waals surface area contributed by atoms with Crippen LogP contribution in [0.5, 0.6) is 5.75 Å². The van der Waals surface area contributed by atoms with Crippen molar-refractivity contribution >= 4 is 21.6 Å². The van der Waals surface area contributed by atoms with E-state index < -0.39 is 10.0 Å². The first-order valence-electron chi connectivity index (χ1n) is 9.87. The van der Waals surface area contributed by atoms with Gasteiger partial charge in [-0.25, -0.2) is 8.42 Å². The molecule has 0 N–H and O–H groups in total. The molecule has 7 heteroatoms. The Morgan fingerprint density at radius 2 is 1.72 bits per heavy atom. The molecule has 6 nitrogen and oxygen atoms in total. The molecular weight excluding hydrogens is 388 g/mol. The van der Waals surface area contributed by atoms with Crippen molar-refractivity contribution < 1.29 is 17.9 Å². The monoisotopic (exact) mass is 416 g/mol. The summed E-state index contributed by atoms with van der Waals surface area (Å²) in [4.78, 5) is 14.6. The molecule has 1 amide bonds. The molecule has 1 fully saturated rings. The van der Waals surface area contributed by atoms with E-state index in [1.807, 2.05) is 31.2 Å². The van der Waals surface area contributed by atoms with Crippen LogP contribution < -0.4 is 9.64 Å². The van der Waals surface area contributed by atoms with Crippen LogP contribution in [0.15, 0.2) is 47.4 Å². The quantitative estimate of drug-likeness (QED) is 0.743. The average Bonchev–Trinajstić information content (AvgIpc) is 3.02. The van der Waals surface area contributed by atoms with E-state index in [0.717, 1.165) is 36.9 Å². The number of hydrogen-bond acceptors (Lipinski definition) is 4. The van der Waals surface area contributed by atoms with E-state index in [0.29, 0.717) is 18.7 Å². The number of carbonyl (C=O) groups excluding carboxylic acids is 1. The van der Waals surface area contributed by atoms with Crippen LogP contribution in [0.4, 0.5) is 5.69 Å². The Kier molecular flexibility index (Phi) is 6.59. The lowest BCUT2D eigenvalue weighted by molar-refractivity contribution is 0.0992. The van der Waals surface area contributed by atoms with Crippen LogP contribution in [0.1, 0.15) is 41.6 Å². The smallest absolute Gasteiger partial charge is 0.258 e. The summed E-state index contributed by atoms with van der Waals surface area (Å²) in [6, 6.07) is 12.2. The number of aryl methyl sites for hydroxylation is 1. The fraction of sp³-hybridized carbons (Fsp3) is 0.409. The lowest BCUT2D eigenvalue weighted by atomic mass is 10.1. The molecule has 0 unspecified atom stereocenters. The van der Waals surface area contributed by atoms with Gasteiger partial charge in [-0.05, 0) is 55.7 Å². The van der Waals surface area contributed by atoms with Crippen molar-refractivity contribution in [1.82, 2.24) is 4.31 Å². The molecule has 0 aromatic heterocycles. The van der Waals surface area contributed by atoms with Crippen molar-refractivity contribution in [2.24, 2.45) is 0 Å². The number of nitrogens with zero attached hydrogens (tertiary/aromatic N) is 2. The summed E-state index contributed by atoms with van der Waals surface area (Å²) < 4.78 is 33.4. The molecule has 156 valence electrons. The average molecular weight is 417 g/mol. The van der Waals surface area contributed by atoms with E-state index in [9.17, 15) is 13.2 Å². The molecule has 1 heterocycles. The third-order valence-electron chi connectivity index (χ3n) is 5.29. The number of hydrogen-bond donors (Lipinski definition) is 0. The Balaban J connectivity index is 1.97. The van der Waals surface area contributed by atoms with Crippen LogP contribution in [-0.4, -0.2) is 45.9 Å². The van der Waals surface area contributed by atoms with Crippen LogP contribution in [0, 0.1) is 6.92 Å². The van der Waals surface area contributed by atoms with Gasteiger partial charge in [0.15, 0.2) is 0 Å². The second-order valence-electron chi connectivity index (χ2n) is 7.39. The van der Waals surface area contributed by atoms with Gasteiger partial charge in [0.05, 0.1) is 7.11 Å². The van der Waals surface area contributed by atoms with Crippen molar-refractivity contribution in [3.05, 3.63) is 53.6 Å². The summed E-state index contributed by atoms with van der Waals surface area (Å²) in [5.74, 6) is -0.0189. The third-order valence-corrected chi connectivity index (χ3v) is 7.21. The summed E-state index contributed by atoms with van der Waals surface area (Å²) in [6.07, 6.45) is 3.75. The van der Waals surface area contributed by atoms with Gasteiger partial charge in [-0.3, -0.25) is 4.79 Å². The number of benzene rings is 2. The number of carbonyl (C=O) groups is 1. The van der Waals surface area contributed by atoms with Crippen molar-refractivity contribution in [3.8, 4) is 5.75 Å². The first-order valence-corrected chi connectivity index (χ1v) is 11.3. The zero-order valence-electron chi connectivity index (χ0n) is 17.2. The highest BCUT2D eigenvalue weighted by Crippen LogP contribution is 2.30. The molecule has 0 spiro atoms. The molecule has 3 rings (SSSR count). The Labute approximate surface area is 173 Å². The molecule has 29 heavy (non-hydrogen) atoms. The van der Waals surface area contributed by atoms with Crippen LogP contribution in [0.3, 0.4) is 0 Å². The van der Waals surface area contributed by atoms with Gasteiger partial charge >= 0.3 is 0 Å². The molecule has 1 aliphatic heterocycles. The molecule has 0 atom stereocenters. The first kappa shape index (κ1) is 21.3. The molecule has 0 saturated carbocycles. The van der Waals surface area contributed by atoms with Crippen molar-refractivity contribution in [3.63, 3.8) is 0 Å².